The number of amides is 1. The van der Waals surface area contributed by atoms with Gasteiger partial charge in [0.15, 0.2) is 0 Å². The monoisotopic (exact) mass is 315 g/mol. The van der Waals surface area contributed by atoms with E-state index in [1.165, 1.54) is 18.5 Å². The van der Waals surface area contributed by atoms with Crippen molar-refractivity contribution in [1.29, 1.82) is 0 Å². The molecule has 0 spiro atoms. The molecule has 4 nitrogen and oxygen atoms in total. The number of anilines is 2. The maximum absolute atomic E-state index is 12.5. The Bertz CT molecular complexity index is 689. The van der Waals surface area contributed by atoms with E-state index in [2.05, 4.69) is 10.3 Å². The Morgan fingerprint density at radius 2 is 2.00 bits per heavy atom. The Balaban J connectivity index is 2.25. The van der Waals surface area contributed by atoms with Crippen molar-refractivity contribution in [1.82, 2.24) is 4.98 Å². The molecule has 0 unspecified atom stereocenters. The van der Waals surface area contributed by atoms with Crippen LogP contribution in [0.15, 0.2) is 36.7 Å². The predicted molar refractivity (Wildman–Crippen MR) is 73.1 cm³/mol. The van der Waals surface area contributed by atoms with Crippen molar-refractivity contribution in [2.75, 3.05) is 11.1 Å². The van der Waals surface area contributed by atoms with Gasteiger partial charge in [-0.1, -0.05) is 11.6 Å². The van der Waals surface area contributed by atoms with Crippen LogP contribution in [0.4, 0.5) is 24.5 Å². The van der Waals surface area contributed by atoms with Gasteiger partial charge in [-0.15, -0.1) is 0 Å². The Morgan fingerprint density at radius 3 is 2.57 bits per heavy atom. The van der Waals surface area contributed by atoms with Gasteiger partial charge < -0.3 is 11.1 Å². The van der Waals surface area contributed by atoms with Gasteiger partial charge in [-0.05, 0) is 24.3 Å². The second kappa shape index (κ2) is 5.61. The molecule has 0 saturated carbocycles. The van der Waals surface area contributed by atoms with Gasteiger partial charge in [0.1, 0.15) is 0 Å². The summed E-state index contributed by atoms with van der Waals surface area (Å²) in [4.78, 5) is 15.7. The minimum absolute atomic E-state index is 0.0610. The highest BCUT2D eigenvalue weighted by molar-refractivity contribution is 6.34. The molecule has 110 valence electrons. The Labute approximate surface area is 122 Å². The molecule has 1 aromatic heterocycles. The summed E-state index contributed by atoms with van der Waals surface area (Å²) in [6.07, 6.45) is -1.83. The maximum atomic E-state index is 12.5. The van der Waals surface area contributed by atoms with Crippen molar-refractivity contribution < 1.29 is 18.0 Å². The van der Waals surface area contributed by atoms with Gasteiger partial charge in [0.05, 0.1) is 33.7 Å². The first-order valence-corrected chi connectivity index (χ1v) is 6.04. The zero-order valence-corrected chi connectivity index (χ0v) is 11.2. The van der Waals surface area contributed by atoms with Crippen LogP contribution in [-0.2, 0) is 6.18 Å². The van der Waals surface area contributed by atoms with E-state index in [-0.39, 0.29) is 22.0 Å². The fraction of sp³-hybridized carbons (Fsp3) is 0.0769. The van der Waals surface area contributed by atoms with E-state index in [0.717, 1.165) is 18.2 Å². The van der Waals surface area contributed by atoms with Crippen molar-refractivity contribution in [3.8, 4) is 0 Å². The lowest BCUT2D eigenvalue weighted by molar-refractivity contribution is -0.137. The standard InChI is InChI=1S/C13H9ClF3N3O/c14-9-5-7(13(15,16)17)1-2-11(9)20-12(21)8-3-4-19-6-10(8)18/h1-6H,18H2,(H,20,21). The molecule has 0 fully saturated rings. The van der Waals surface area contributed by atoms with E-state index in [9.17, 15) is 18.0 Å². The number of nitrogens with two attached hydrogens (primary N) is 1. The van der Waals surface area contributed by atoms with Crippen molar-refractivity contribution >= 4 is 28.9 Å². The molecule has 3 N–H and O–H groups in total. The summed E-state index contributed by atoms with van der Waals surface area (Å²) in [7, 11) is 0. The third kappa shape index (κ3) is 3.43. The number of halogens is 4. The molecule has 8 heteroatoms. The Hall–Kier alpha value is -2.28. The molecule has 1 amide bonds. The number of rotatable bonds is 2. The SMILES string of the molecule is Nc1cnccc1C(=O)Nc1ccc(C(F)(F)F)cc1Cl. The molecule has 0 atom stereocenters. The number of alkyl halides is 3. The zero-order chi connectivity index (χ0) is 15.6. The van der Waals surface area contributed by atoms with E-state index in [1.807, 2.05) is 0 Å². The number of aromatic nitrogens is 1. The summed E-state index contributed by atoms with van der Waals surface area (Å²) >= 11 is 5.75. The van der Waals surface area contributed by atoms with Crippen LogP contribution in [0.2, 0.25) is 5.02 Å². The number of pyridine rings is 1. The van der Waals surface area contributed by atoms with E-state index in [0.29, 0.717) is 0 Å². The fourth-order valence-electron chi connectivity index (χ4n) is 1.60. The summed E-state index contributed by atoms with van der Waals surface area (Å²) in [5, 5.41) is 2.18. The van der Waals surface area contributed by atoms with Crippen molar-refractivity contribution in [2.24, 2.45) is 0 Å². The molecule has 21 heavy (non-hydrogen) atoms. The summed E-state index contributed by atoms with van der Waals surface area (Å²) in [6.45, 7) is 0. The third-order valence-electron chi connectivity index (χ3n) is 2.64. The average Bonchev–Trinajstić information content (AvgIpc) is 2.40. The van der Waals surface area contributed by atoms with Crippen LogP contribution in [0.25, 0.3) is 0 Å². The molecular formula is C13H9ClF3N3O. The lowest BCUT2D eigenvalue weighted by Crippen LogP contribution is -2.15. The van der Waals surface area contributed by atoms with Crippen LogP contribution in [-0.4, -0.2) is 10.9 Å². The minimum Gasteiger partial charge on any atom is -0.397 e. The second-order valence-electron chi connectivity index (χ2n) is 4.11. The second-order valence-corrected chi connectivity index (χ2v) is 4.52. The van der Waals surface area contributed by atoms with Crippen molar-refractivity contribution in [3.05, 3.63) is 52.8 Å². The molecule has 0 aliphatic rings. The van der Waals surface area contributed by atoms with E-state index < -0.39 is 17.6 Å². The lowest BCUT2D eigenvalue weighted by Gasteiger charge is -2.11. The molecule has 0 aliphatic carbocycles. The molecule has 0 radical (unpaired) electrons. The predicted octanol–water partition coefficient (Wildman–Crippen LogP) is 3.59. The van der Waals surface area contributed by atoms with Crippen LogP contribution in [0.3, 0.4) is 0 Å². The number of hydrogen-bond donors (Lipinski definition) is 2. The lowest BCUT2D eigenvalue weighted by atomic mass is 10.1. The molecule has 1 aromatic carbocycles. The zero-order valence-electron chi connectivity index (χ0n) is 10.4. The molecule has 0 saturated heterocycles. The number of carbonyl (C=O) groups excluding carboxylic acids is 1. The maximum Gasteiger partial charge on any atom is 0.416 e. The largest absolute Gasteiger partial charge is 0.416 e. The molecule has 0 aliphatic heterocycles. The van der Waals surface area contributed by atoms with Gasteiger partial charge in [0.2, 0.25) is 0 Å². The van der Waals surface area contributed by atoms with Crippen LogP contribution in [0.1, 0.15) is 15.9 Å². The first kappa shape index (κ1) is 15.1. The number of nitrogens with one attached hydrogen (secondary N) is 1. The smallest absolute Gasteiger partial charge is 0.397 e. The highest BCUT2D eigenvalue weighted by Gasteiger charge is 2.31. The molecule has 1 heterocycles. The first-order valence-electron chi connectivity index (χ1n) is 5.66. The number of carbonyl (C=O) groups is 1. The number of hydrogen-bond acceptors (Lipinski definition) is 3. The quantitative estimate of drug-likeness (QED) is 0.890. The Kier molecular flexibility index (Phi) is 4.04. The van der Waals surface area contributed by atoms with Crippen LogP contribution in [0.5, 0.6) is 0 Å². The molecular weight excluding hydrogens is 307 g/mol. The van der Waals surface area contributed by atoms with E-state index in [1.54, 1.807) is 0 Å². The van der Waals surface area contributed by atoms with Crippen LogP contribution >= 0.6 is 11.6 Å². The molecule has 0 bridgehead atoms. The van der Waals surface area contributed by atoms with Gasteiger partial charge in [0.25, 0.3) is 5.91 Å². The minimum atomic E-state index is -4.50. The third-order valence-corrected chi connectivity index (χ3v) is 2.95. The van der Waals surface area contributed by atoms with Gasteiger partial charge in [-0.2, -0.15) is 13.2 Å². The Morgan fingerprint density at radius 1 is 1.29 bits per heavy atom. The van der Waals surface area contributed by atoms with Crippen molar-refractivity contribution in [3.63, 3.8) is 0 Å². The number of benzene rings is 1. The van der Waals surface area contributed by atoms with Crippen LogP contribution < -0.4 is 11.1 Å². The topological polar surface area (TPSA) is 68.0 Å². The highest BCUT2D eigenvalue weighted by Crippen LogP contribution is 2.33. The summed E-state index contributed by atoms with van der Waals surface area (Å²) in [5.41, 5.74) is 5.06. The van der Waals surface area contributed by atoms with E-state index in [4.69, 9.17) is 17.3 Å². The number of nitrogens with zero attached hydrogens (tertiary/aromatic N) is 1. The fourth-order valence-corrected chi connectivity index (χ4v) is 1.82. The number of nitrogen functional groups attached to an aromatic ring is 1. The normalized spacial score (nSPS) is 11.2. The molecule has 2 rings (SSSR count). The molecule has 2 aromatic rings. The van der Waals surface area contributed by atoms with Gasteiger partial charge in [-0.25, -0.2) is 0 Å². The highest BCUT2D eigenvalue weighted by atomic mass is 35.5. The van der Waals surface area contributed by atoms with E-state index >= 15 is 0 Å². The average molecular weight is 316 g/mol. The van der Waals surface area contributed by atoms with Gasteiger partial charge in [0, 0.05) is 6.20 Å². The first-order chi connectivity index (χ1) is 9.79. The van der Waals surface area contributed by atoms with Crippen molar-refractivity contribution in [2.45, 2.75) is 6.18 Å². The van der Waals surface area contributed by atoms with Gasteiger partial charge >= 0.3 is 6.18 Å². The summed E-state index contributed by atoms with van der Waals surface area (Å²) < 4.78 is 37.5. The van der Waals surface area contributed by atoms with Gasteiger partial charge in [-0.3, -0.25) is 9.78 Å². The summed E-state index contributed by atoms with van der Waals surface area (Å²) in [6, 6.07) is 4.05. The summed E-state index contributed by atoms with van der Waals surface area (Å²) in [5.74, 6) is -0.587. The van der Waals surface area contributed by atoms with Crippen LogP contribution in [0, 0.1) is 0 Å².